The maximum atomic E-state index is 12.6. The van der Waals surface area contributed by atoms with Crippen LogP contribution in [0.1, 0.15) is 78.8 Å². The third kappa shape index (κ3) is 8.77. The molecule has 0 saturated carbocycles. The van der Waals surface area contributed by atoms with Crippen molar-refractivity contribution in [2.45, 2.75) is 98.1 Å². The highest BCUT2D eigenvalue weighted by molar-refractivity contribution is 5.87. The fourth-order valence-electron chi connectivity index (χ4n) is 5.71. The smallest absolute Gasteiger partial charge is 0.154 e. The number of likely N-dealkylation sites (tertiary alicyclic amines) is 1. The van der Waals surface area contributed by atoms with Gasteiger partial charge in [0.05, 0.1) is 12.1 Å². The number of rotatable bonds is 7. The first kappa shape index (κ1) is 31.2. The minimum atomic E-state index is 0. The van der Waals surface area contributed by atoms with Crippen molar-refractivity contribution in [1.29, 1.82) is 0 Å². The van der Waals surface area contributed by atoms with Crippen LogP contribution in [0.5, 0.6) is 0 Å². The van der Waals surface area contributed by atoms with E-state index in [0.717, 1.165) is 32.5 Å². The molecule has 1 N–H and O–H groups in total. The number of likely N-dealkylation sites (N-methyl/N-ethyl adjacent to an activating group) is 1. The van der Waals surface area contributed by atoms with E-state index in [1.54, 1.807) is 0 Å². The summed E-state index contributed by atoms with van der Waals surface area (Å²) in [6.07, 6.45) is 8.03. The van der Waals surface area contributed by atoms with Gasteiger partial charge < -0.3 is 5.32 Å². The zero-order valence-corrected chi connectivity index (χ0v) is 24.4. The minimum Gasteiger partial charge on any atom is -0.307 e. The van der Waals surface area contributed by atoms with Gasteiger partial charge in [0.15, 0.2) is 11.6 Å². The molecule has 2 unspecified atom stereocenters. The number of hydrogen-bond donors (Lipinski definition) is 1. The molecule has 37 heavy (non-hydrogen) atoms. The van der Waals surface area contributed by atoms with Crippen LogP contribution in [-0.4, -0.2) is 48.2 Å². The van der Waals surface area contributed by atoms with E-state index >= 15 is 0 Å². The lowest BCUT2D eigenvalue weighted by molar-refractivity contribution is -0.124. The number of Topliss-reactive ketones (excluding diaryl/α,β-unsaturated/α-hetero) is 2. The molecule has 2 saturated heterocycles. The Morgan fingerprint density at radius 1 is 0.784 bits per heavy atom. The Bertz CT molecular complexity index is 989. The molecule has 0 radical (unpaired) electrons. The van der Waals surface area contributed by atoms with Crippen LogP contribution in [0.15, 0.2) is 36.4 Å². The van der Waals surface area contributed by atoms with E-state index in [1.807, 2.05) is 0 Å². The summed E-state index contributed by atoms with van der Waals surface area (Å²) >= 11 is 0. The van der Waals surface area contributed by atoms with E-state index < -0.39 is 0 Å². The lowest BCUT2D eigenvalue weighted by atomic mass is 9.91. The zero-order valence-electron chi connectivity index (χ0n) is 23.6. The third-order valence-electron chi connectivity index (χ3n) is 8.08. The molecule has 2 aliphatic rings. The highest BCUT2D eigenvalue weighted by Gasteiger charge is 2.27. The average Bonchev–Trinajstić information content (AvgIpc) is 2.89. The Kier molecular flexibility index (Phi) is 13.0. The Balaban J connectivity index is 0.000000255. The predicted molar refractivity (Wildman–Crippen MR) is 157 cm³/mol. The van der Waals surface area contributed by atoms with Gasteiger partial charge in [-0.05, 0) is 106 Å². The quantitative estimate of drug-likeness (QED) is 0.462. The summed E-state index contributed by atoms with van der Waals surface area (Å²) < 4.78 is 0. The van der Waals surface area contributed by atoms with E-state index in [-0.39, 0.29) is 24.5 Å². The number of hydrogen-bond acceptors (Lipinski definition) is 4. The topological polar surface area (TPSA) is 49.4 Å². The number of carbonyl (C=O) groups is 2. The van der Waals surface area contributed by atoms with Crippen LogP contribution in [-0.2, 0) is 22.4 Å². The Morgan fingerprint density at radius 3 is 1.78 bits per heavy atom. The number of nitrogens with zero attached hydrogens (tertiary/aromatic N) is 1. The normalized spacial score (nSPS) is 19.8. The first-order valence-corrected chi connectivity index (χ1v) is 13.9. The fraction of sp³-hybridized carbons (Fsp3) is 0.562. The van der Waals surface area contributed by atoms with Gasteiger partial charge >= 0.3 is 0 Å². The van der Waals surface area contributed by atoms with Crippen LogP contribution in [0.4, 0.5) is 0 Å². The molecule has 0 bridgehead atoms. The molecule has 4 rings (SSSR count). The van der Waals surface area contributed by atoms with Crippen molar-refractivity contribution in [3.63, 3.8) is 0 Å². The van der Waals surface area contributed by atoms with Gasteiger partial charge in [-0.1, -0.05) is 56.2 Å². The molecule has 0 amide bonds. The highest BCUT2D eigenvalue weighted by atomic mass is 35.5. The fourth-order valence-corrected chi connectivity index (χ4v) is 5.71. The van der Waals surface area contributed by atoms with Gasteiger partial charge in [-0.25, -0.2) is 0 Å². The number of benzene rings is 2. The molecule has 2 aromatic carbocycles. The summed E-state index contributed by atoms with van der Waals surface area (Å²) in [5, 5.41) is 3.33. The van der Waals surface area contributed by atoms with Crippen LogP contribution >= 0.6 is 12.4 Å². The second-order valence-corrected chi connectivity index (χ2v) is 10.7. The van der Waals surface area contributed by atoms with E-state index in [9.17, 15) is 9.59 Å². The highest BCUT2D eigenvalue weighted by Crippen LogP contribution is 2.21. The number of carbonyl (C=O) groups excluding carboxylic acids is 2. The van der Waals surface area contributed by atoms with E-state index in [4.69, 9.17) is 0 Å². The van der Waals surface area contributed by atoms with Crippen molar-refractivity contribution in [2.75, 3.05) is 19.6 Å². The van der Waals surface area contributed by atoms with Gasteiger partial charge in [-0.2, -0.15) is 0 Å². The molecule has 2 atom stereocenters. The summed E-state index contributed by atoms with van der Waals surface area (Å²) in [5.41, 5.74) is 7.39. The lowest BCUT2D eigenvalue weighted by Gasteiger charge is -2.34. The Hall–Kier alpha value is -2.01. The van der Waals surface area contributed by atoms with Gasteiger partial charge in [0.2, 0.25) is 0 Å². The monoisotopic (exact) mass is 526 g/mol. The summed E-state index contributed by atoms with van der Waals surface area (Å²) in [6.45, 7) is 13.6. The molecular formula is C32H47ClN2O2. The maximum absolute atomic E-state index is 12.6. The largest absolute Gasteiger partial charge is 0.307 e. The van der Waals surface area contributed by atoms with Crippen LogP contribution in [0.3, 0.4) is 0 Å². The number of nitrogens with one attached hydrogen (secondary N) is 1. The number of halogens is 1. The van der Waals surface area contributed by atoms with Crippen LogP contribution in [0.25, 0.3) is 0 Å². The number of piperidine rings is 2. The third-order valence-corrected chi connectivity index (χ3v) is 8.08. The SMILES string of the molecule is CCN1CCCCC1C(=O)Cc1c(C)cccc1C.Cc1cccc(C)c1CC(=O)C1CCCCN1.Cl. The molecule has 2 fully saturated rings. The second kappa shape index (κ2) is 15.4. The van der Waals surface area contributed by atoms with Crippen molar-refractivity contribution in [3.05, 3.63) is 69.8 Å². The first-order valence-electron chi connectivity index (χ1n) is 13.9. The van der Waals surface area contributed by atoms with Gasteiger partial charge in [0.1, 0.15) is 0 Å². The summed E-state index contributed by atoms with van der Waals surface area (Å²) in [4.78, 5) is 27.2. The van der Waals surface area contributed by atoms with Gasteiger partial charge in [-0.3, -0.25) is 14.5 Å². The Morgan fingerprint density at radius 2 is 1.30 bits per heavy atom. The van der Waals surface area contributed by atoms with Crippen LogP contribution < -0.4 is 5.32 Å². The first-order chi connectivity index (χ1) is 17.3. The van der Waals surface area contributed by atoms with Gasteiger partial charge in [-0.15, -0.1) is 12.4 Å². The molecule has 2 heterocycles. The van der Waals surface area contributed by atoms with E-state index in [2.05, 4.69) is 81.2 Å². The molecular weight excluding hydrogens is 480 g/mol. The van der Waals surface area contributed by atoms with Crippen LogP contribution in [0, 0.1) is 27.7 Å². The lowest BCUT2D eigenvalue weighted by Crippen LogP contribution is -2.45. The number of aryl methyl sites for hydroxylation is 4. The van der Waals surface area contributed by atoms with E-state index in [0.29, 0.717) is 24.4 Å². The summed E-state index contributed by atoms with van der Waals surface area (Å²) in [7, 11) is 0. The van der Waals surface area contributed by atoms with E-state index in [1.165, 1.54) is 59.1 Å². The molecule has 0 spiro atoms. The van der Waals surface area contributed by atoms with Crippen molar-refractivity contribution in [3.8, 4) is 0 Å². The standard InChI is InChI=1S/C17H25NO.C15H21NO.ClH/c1-4-18-11-6-5-10-16(18)17(19)12-15-13(2)8-7-9-14(15)3;1-11-6-5-7-12(2)13(11)10-15(17)14-8-3-4-9-16-14;/h7-9,16H,4-6,10-12H2,1-3H3;5-7,14,16H,3-4,8-10H2,1-2H3;1H. The predicted octanol–water partition coefficient (Wildman–Crippen LogP) is 6.27. The average molecular weight is 527 g/mol. The van der Waals surface area contributed by atoms with Crippen molar-refractivity contribution in [1.82, 2.24) is 10.2 Å². The van der Waals surface area contributed by atoms with Crippen molar-refractivity contribution < 1.29 is 9.59 Å². The zero-order chi connectivity index (χ0) is 26.1. The van der Waals surface area contributed by atoms with Crippen molar-refractivity contribution >= 4 is 24.0 Å². The molecule has 5 heteroatoms. The molecule has 0 aliphatic carbocycles. The van der Waals surface area contributed by atoms with Crippen molar-refractivity contribution in [2.24, 2.45) is 0 Å². The molecule has 0 aromatic heterocycles. The maximum Gasteiger partial charge on any atom is 0.154 e. The molecule has 4 nitrogen and oxygen atoms in total. The molecule has 204 valence electrons. The summed E-state index contributed by atoms with van der Waals surface area (Å²) in [5.74, 6) is 0.751. The molecule has 2 aromatic rings. The van der Waals surface area contributed by atoms with Gasteiger partial charge in [0, 0.05) is 12.8 Å². The molecule has 2 aliphatic heterocycles. The minimum absolute atomic E-state index is 0. The second-order valence-electron chi connectivity index (χ2n) is 10.7. The van der Waals surface area contributed by atoms with Gasteiger partial charge in [0.25, 0.3) is 0 Å². The van der Waals surface area contributed by atoms with Crippen LogP contribution in [0.2, 0.25) is 0 Å². The summed E-state index contributed by atoms with van der Waals surface area (Å²) in [6, 6.07) is 12.7. The number of ketones is 2. The Labute approximate surface area is 231 Å².